The maximum Gasteiger partial charge on any atom is 0.269 e. The highest BCUT2D eigenvalue weighted by atomic mass is 32.2. The molecule has 0 aliphatic rings. The Hall–Kier alpha value is -1.23. The Kier molecular flexibility index (Phi) is 7.33. The van der Waals surface area contributed by atoms with Crippen LogP contribution in [0.3, 0.4) is 0 Å². The quantitative estimate of drug-likeness (QED) is 0.769. The molecule has 2 N–H and O–H groups in total. The molecule has 1 amide bonds. The van der Waals surface area contributed by atoms with Gasteiger partial charge in [-0.2, -0.15) is 11.8 Å². The molecule has 1 aromatic heterocycles. The van der Waals surface area contributed by atoms with Gasteiger partial charge in [-0.3, -0.25) is 9.78 Å². The number of thioether (sulfide) groups is 1. The SMILES string of the molecule is CCCNc1ccnc(C(=O)NCC(C)CSC)c1. The highest BCUT2D eigenvalue weighted by Gasteiger charge is 2.09. The zero-order chi connectivity index (χ0) is 14.1. The molecule has 1 unspecified atom stereocenters. The summed E-state index contributed by atoms with van der Waals surface area (Å²) in [4.78, 5) is 16.1. The smallest absolute Gasteiger partial charge is 0.269 e. The Balaban J connectivity index is 2.51. The van der Waals surface area contributed by atoms with Gasteiger partial charge in [-0.05, 0) is 36.5 Å². The standard InChI is InChI=1S/C14H23N3OS/c1-4-6-15-12-5-7-16-13(8-12)14(18)17-9-11(2)10-19-3/h5,7-8,11H,4,6,9-10H2,1-3H3,(H,15,16)(H,17,18). The van der Waals surface area contributed by atoms with E-state index in [4.69, 9.17) is 0 Å². The molecule has 106 valence electrons. The van der Waals surface area contributed by atoms with Crippen molar-refractivity contribution in [1.82, 2.24) is 10.3 Å². The largest absolute Gasteiger partial charge is 0.385 e. The molecule has 1 atom stereocenters. The van der Waals surface area contributed by atoms with Crippen LogP contribution in [0, 0.1) is 5.92 Å². The monoisotopic (exact) mass is 281 g/mol. The van der Waals surface area contributed by atoms with Crippen molar-refractivity contribution in [3.63, 3.8) is 0 Å². The Labute approximate surface area is 119 Å². The highest BCUT2D eigenvalue weighted by Crippen LogP contribution is 2.08. The predicted octanol–water partition coefficient (Wildman–Crippen LogP) is 2.63. The summed E-state index contributed by atoms with van der Waals surface area (Å²) < 4.78 is 0. The summed E-state index contributed by atoms with van der Waals surface area (Å²) in [5.41, 5.74) is 1.41. The van der Waals surface area contributed by atoms with E-state index in [1.807, 2.05) is 6.07 Å². The molecule has 0 aromatic carbocycles. The zero-order valence-electron chi connectivity index (χ0n) is 11.9. The molecule has 0 saturated heterocycles. The molecule has 0 spiro atoms. The van der Waals surface area contributed by atoms with Crippen LogP contribution in [0.2, 0.25) is 0 Å². The van der Waals surface area contributed by atoms with Crippen molar-refractivity contribution in [2.45, 2.75) is 20.3 Å². The van der Waals surface area contributed by atoms with E-state index < -0.39 is 0 Å². The fourth-order valence-electron chi connectivity index (χ4n) is 1.63. The van der Waals surface area contributed by atoms with Crippen molar-refractivity contribution < 1.29 is 4.79 Å². The highest BCUT2D eigenvalue weighted by molar-refractivity contribution is 7.98. The van der Waals surface area contributed by atoms with E-state index in [-0.39, 0.29) is 5.91 Å². The van der Waals surface area contributed by atoms with Crippen LogP contribution < -0.4 is 10.6 Å². The van der Waals surface area contributed by atoms with Crippen LogP contribution in [-0.2, 0) is 0 Å². The topological polar surface area (TPSA) is 54.0 Å². The van der Waals surface area contributed by atoms with Crippen LogP contribution in [0.5, 0.6) is 0 Å². The molecule has 0 fully saturated rings. The number of hydrogen-bond acceptors (Lipinski definition) is 4. The maximum atomic E-state index is 12.0. The maximum absolute atomic E-state index is 12.0. The second-order valence-corrected chi connectivity index (χ2v) is 5.54. The zero-order valence-corrected chi connectivity index (χ0v) is 12.7. The van der Waals surface area contributed by atoms with Crippen molar-refractivity contribution >= 4 is 23.4 Å². The number of hydrogen-bond donors (Lipinski definition) is 2. The summed E-state index contributed by atoms with van der Waals surface area (Å²) in [6, 6.07) is 3.67. The van der Waals surface area contributed by atoms with Gasteiger partial charge in [0.05, 0.1) is 0 Å². The Morgan fingerprint density at radius 1 is 1.53 bits per heavy atom. The van der Waals surface area contributed by atoms with Gasteiger partial charge < -0.3 is 10.6 Å². The van der Waals surface area contributed by atoms with E-state index in [0.29, 0.717) is 18.2 Å². The van der Waals surface area contributed by atoms with Crippen LogP contribution in [-0.4, -0.2) is 36.0 Å². The molecule has 5 heteroatoms. The Bertz CT molecular complexity index is 398. The van der Waals surface area contributed by atoms with Crippen LogP contribution in [0.25, 0.3) is 0 Å². The van der Waals surface area contributed by atoms with Crippen LogP contribution in [0.15, 0.2) is 18.3 Å². The number of nitrogens with zero attached hydrogens (tertiary/aromatic N) is 1. The van der Waals surface area contributed by atoms with E-state index in [1.54, 1.807) is 24.0 Å². The summed E-state index contributed by atoms with van der Waals surface area (Å²) in [6.45, 7) is 5.82. The number of nitrogens with one attached hydrogen (secondary N) is 2. The Morgan fingerprint density at radius 2 is 2.32 bits per heavy atom. The van der Waals surface area contributed by atoms with Crippen LogP contribution in [0.4, 0.5) is 5.69 Å². The lowest BCUT2D eigenvalue weighted by molar-refractivity contribution is 0.0944. The van der Waals surface area contributed by atoms with Crippen molar-refractivity contribution in [1.29, 1.82) is 0 Å². The van der Waals surface area contributed by atoms with E-state index in [1.165, 1.54) is 0 Å². The molecule has 0 saturated carbocycles. The van der Waals surface area contributed by atoms with E-state index in [0.717, 1.165) is 24.4 Å². The first kappa shape index (κ1) is 15.8. The average molecular weight is 281 g/mol. The molecule has 1 heterocycles. The summed E-state index contributed by atoms with van der Waals surface area (Å²) in [6.07, 6.45) is 4.79. The second-order valence-electron chi connectivity index (χ2n) is 4.63. The van der Waals surface area contributed by atoms with Gasteiger partial charge in [0.15, 0.2) is 0 Å². The first-order chi connectivity index (χ1) is 9.17. The lowest BCUT2D eigenvalue weighted by atomic mass is 10.2. The molecule has 1 rings (SSSR count). The third-order valence-corrected chi connectivity index (χ3v) is 3.54. The average Bonchev–Trinajstić information content (AvgIpc) is 2.43. The molecule has 1 aromatic rings. The van der Waals surface area contributed by atoms with E-state index in [2.05, 4.69) is 35.7 Å². The molecular weight excluding hydrogens is 258 g/mol. The van der Waals surface area contributed by atoms with Gasteiger partial charge in [-0.25, -0.2) is 0 Å². The lowest BCUT2D eigenvalue weighted by Gasteiger charge is -2.11. The molecular formula is C14H23N3OS. The summed E-state index contributed by atoms with van der Waals surface area (Å²) in [5, 5.41) is 6.18. The number of pyridine rings is 1. The molecule has 4 nitrogen and oxygen atoms in total. The third kappa shape index (κ3) is 5.96. The predicted molar refractivity (Wildman–Crippen MR) is 82.9 cm³/mol. The summed E-state index contributed by atoms with van der Waals surface area (Å²) in [5.74, 6) is 1.42. The van der Waals surface area contributed by atoms with Gasteiger partial charge in [-0.15, -0.1) is 0 Å². The van der Waals surface area contributed by atoms with Crippen molar-refractivity contribution in [3.8, 4) is 0 Å². The minimum Gasteiger partial charge on any atom is -0.385 e. The fraction of sp³-hybridized carbons (Fsp3) is 0.571. The molecule has 0 aliphatic heterocycles. The summed E-state index contributed by atoms with van der Waals surface area (Å²) in [7, 11) is 0. The molecule has 19 heavy (non-hydrogen) atoms. The van der Waals surface area contributed by atoms with Gasteiger partial charge in [-0.1, -0.05) is 13.8 Å². The first-order valence-electron chi connectivity index (χ1n) is 6.64. The van der Waals surface area contributed by atoms with Gasteiger partial charge >= 0.3 is 0 Å². The van der Waals surface area contributed by atoms with E-state index >= 15 is 0 Å². The van der Waals surface area contributed by atoms with Crippen molar-refractivity contribution in [2.24, 2.45) is 5.92 Å². The number of carbonyl (C=O) groups is 1. The lowest BCUT2D eigenvalue weighted by Crippen LogP contribution is -2.29. The van der Waals surface area contributed by atoms with Crippen molar-refractivity contribution in [3.05, 3.63) is 24.0 Å². The van der Waals surface area contributed by atoms with Gasteiger partial charge in [0.25, 0.3) is 5.91 Å². The molecule has 0 radical (unpaired) electrons. The first-order valence-corrected chi connectivity index (χ1v) is 8.03. The van der Waals surface area contributed by atoms with Crippen LogP contribution >= 0.6 is 11.8 Å². The Morgan fingerprint density at radius 3 is 3.00 bits per heavy atom. The van der Waals surface area contributed by atoms with Gasteiger partial charge in [0.1, 0.15) is 5.69 Å². The number of aromatic nitrogens is 1. The van der Waals surface area contributed by atoms with Gasteiger partial charge in [0.2, 0.25) is 0 Å². The fourth-order valence-corrected chi connectivity index (χ4v) is 2.32. The number of anilines is 1. The molecule has 0 bridgehead atoms. The minimum absolute atomic E-state index is 0.104. The normalized spacial score (nSPS) is 11.9. The molecule has 0 aliphatic carbocycles. The number of rotatable bonds is 8. The van der Waals surface area contributed by atoms with Crippen LogP contribution in [0.1, 0.15) is 30.8 Å². The summed E-state index contributed by atoms with van der Waals surface area (Å²) >= 11 is 1.79. The number of carbonyl (C=O) groups excluding carboxylic acids is 1. The minimum atomic E-state index is -0.104. The van der Waals surface area contributed by atoms with Gasteiger partial charge in [0, 0.05) is 25.0 Å². The second kappa shape index (κ2) is 8.80. The van der Waals surface area contributed by atoms with Crippen molar-refractivity contribution in [2.75, 3.05) is 30.4 Å². The van der Waals surface area contributed by atoms with E-state index in [9.17, 15) is 4.79 Å². The third-order valence-electron chi connectivity index (χ3n) is 2.63. The number of amides is 1.